The monoisotopic (exact) mass is 262 g/mol. The van der Waals surface area contributed by atoms with E-state index in [0.717, 1.165) is 25.8 Å². The Hall–Kier alpha value is -1.01. The Morgan fingerprint density at radius 1 is 1.42 bits per heavy atom. The van der Waals surface area contributed by atoms with Crippen molar-refractivity contribution in [1.82, 2.24) is 4.90 Å². The first kappa shape index (κ1) is 14.4. The number of hydrogen-bond donors (Lipinski definition) is 1. The number of rotatable bonds is 2. The van der Waals surface area contributed by atoms with E-state index < -0.39 is 0 Å². The van der Waals surface area contributed by atoms with E-state index in [9.17, 15) is 4.79 Å². The van der Waals surface area contributed by atoms with E-state index in [4.69, 9.17) is 12.2 Å². The highest BCUT2D eigenvalue weighted by Crippen LogP contribution is 2.47. The van der Waals surface area contributed by atoms with Crippen LogP contribution in [0.3, 0.4) is 0 Å². The molecule has 19 heavy (non-hydrogen) atoms. The summed E-state index contributed by atoms with van der Waals surface area (Å²) in [7, 11) is 0. The van der Waals surface area contributed by atoms with Crippen molar-refractivity contribution in [3.63, 3.8) is 0 Å². The van der Waals surface area contributed by atoms with Crippen LogP contribution in [0.5, 0.6) is 0 Å². The van der Waals surface area contributed by atoms with Crippen LogP contribution in [-0.4, -0.2) is 29.9 Å². The number of hydrogen-bond acceptors (Lipinski definition) is 2. The van der Waals surface area contributed by atoms with Gasteiger partial charge in [-0.2, -0.15) is 0 Å². The van der Waals surface area contributed by atoms with E-state index >= 15 is 0 Å². The molecule has 2 N–H and O–H groups in total. The zero-order valence-corrected chi connectivity index (χ0v) is 12.4. The Morgan fingerprint density at radius 3 is 2.63 bits per heavy atom. The average Bonchev–Trinajstić information content (AvgIpc) is 2.68. The second kappa shape index (κ2) is 4.83. The summed E-state index contributed by atoms with van der Waals surface area (Å²) >= 11 is 0. The molecule has 0 spiro atoms. The van der Waals surface area contributed by atoms with Crippen LogP contribution in [0.1, 0.15) is 46.5 Å². The van der Waals surface area contributed by atoms with Crippen molar-refractivity contribution in [3.8, 4) is 12.3 Å². The van der Waals surface area contributed by atoms with Gasteiger partial charge in [0.2, 0.25) is 5.91 Å². The lowest BCUT2D eigenvalue weighted by Crippen LogP contribution is -2.49. The van der Waals surface area contributed by atoms with E-state index in [1.807, 2.05) is 4.90 Å². The van der Waals surface area contributed by atoms with E-state index in [2.05, 4.69) is 26.7 Å². The Labute approximate surface area is 116 Å². The standard InChI is InChI=1S/C16H26N2O/c1-5-12-6-14(19)18(9-12)13-7-15(2,3)10-16(4,8-13)11-17/h1,12-13H,6-11,17H2,2-4H3. The maximum Gasteiger partial charge on any atom is 0.224 e. The summed E-state index contributed by atoms with van der Waals surface area (Å²) in [6, 6.07) is 0.308. The minimum Gasteiger partial charge on any atom is -0.338 e. The van der Waals surface area contributed by atoms with Crippen LogP contribution in [0.15, 0.2) is 0 Å². The number of nitrogens with two attached hydrogens (primary N) is 1. The normalized spacial score (nSPS) is 38.3. The van der Waals surface area contributed by atoms with Crippen molar-refractivity contribution in [2.24, 2.45) is 22.5 Å². The van der Waals surface area contributed by atoms with Crippen LogP contribution in [0.4, 0.5) is 0 Å². The molecule has 0 aromatic rings. The maximum atomic E-state index is 12.2. The highest BCUT2D eigenvalue weighted by Gasteiger charge is 2.45. The van der Waals surface area contributed by atoms with Gasteiger partial charge in [-0.05, 0) is 36.6 Å². The lowest BCUT2D eigenvalue weighted by Gasteiger charge is -2.48. The van der Waals surface area contributed by atoms with Gasteiger partial charge in [-0.3, -0.25) is 4.79 Å². The summed E-state index contributed by atoms with van der Waals surface area (Å²) in [6.45, 7) is 8.24. The van der Waals surface area contributed by atoms with Gasteiger partial charge in [-0.25, -0.2) is 0 Å². The van der Waals surface area contributed by atoms with Crippen molar-refractivity contribution < 1.29 is 4.79 Å². The molecule has 1 saturated heterocycles. The van der Waals surface area contributed by atoms with Gasteiger partial charge in [-0.15, -0.1) is 12.3 Å². The van der Waals surface area contributed by atoms with Crippen LogP contribution >= 0.6 is 0 Å². The van der Waals surface area contributed by atoms with Gasteiger partial charge in [0, 0.05) is 24.9 Å². The molecule has 1 amide bonds. The molecule has 1 saturated carbocycles. The molecule has 2 fully saturated rings. The van der Waals surface area contributed by atoms with Gasteiger partial charge in [0.15, 0.2) is 0 Å². The van der Waals surface area contributed by atoms with Crippen LogP contribution in [0, 0.1) is 29.1 Å². The molecule has 2 rings (SSSR count). The van der Waals surface area contributed by atoms with E-state index in [0.29, 0.717) is 19.0 Å². The van der Waals surface area contributed by atoms with Gasteiger partial charge < -0.3 is 10.6 Å². The quantitative estimate of drug-likeness (QED) is 0.774. The first-order valence-corrected chi connectivity index (χ1v) is 7.24. The molecule has 2 aliphatic rings. The molecule has 0 radical (unpaired) electrons. The van der Waals surface area contributed by atoms with Crippen molar-refractivity contribution in [2.45, 2.75) is 52.5 Å². The van der Waals surface area contributed by atoms with E-state index in [-0.39, 0.29) is 22.7 Å². The Morgan fingerprint density at radius 2 is 2.11 bits per heavy atom. The van der Waals surface area contributed by atoms with Crippen molar-refractivity contribution >= 4 is 5.91 Å². The minimum atomic E-state index is 0.0988. The lowest BCUT2D eigenvalue weighted by molar-refractivity contribution is -0.132. The van der Waals surface area contributed by atoms with Crippen LogP contribution in [0.25, 0.3) is 0 Å². The van der Waals surface area contributed by atoms with Crippen LogP contribution < -0.4 is 5.73 Å². The maximum absolute atomic E-state index is 12.2. The van der Waals surface area contributed by atoms with E-state index in [1.54, 1.807) is 0 Å². The van der Waals surface area contributed by atoms with Gasteiger partial charge in [0.1, 0.15) is 0 Å². The van der Waals surface area contributed by atoms with Crippen molar-refractivity contribution in [1.29, 1.82) is 0 Å². The zero-order chi connectivity index (χ0) is 14.3. The molecular weight excluding hydrogens is 236 g/mol. The second-order valence-corrected chi connectivity index (χ2v) is 7.53. The molecule has 3 atom stereocenters. The number of carbonyl (C=O) groups excluding carboxylic acids is 1. The molecule has 3 heteroatoms. The molecule has 3 nitrogen and oxygen atoms in total. The summed E-state index contributed by atoms with van der Waals surface area (Å²) in [5, 5.41) is 0. The predicted octanol–water partition coefficient (Wildman–Crippen LogP) is 2.01. The van der Waals surface area contributed by atoms with Gasteiger partial charge in [0.25, 0.3) is 0 Å². The first-order valence-electron chi connectivity index (χ1n) is 7.24. The number of terminal acetylenes is 1. The van der Waals surface area contributed by atoms with Crippen LogP contribution in [0.2, 0.25) is 0 Å². The van der Waals surface area contributed by atoms with Gasteiger partial charge >= 0.3 is 0 Å². The third kappa shape index (κ3) is 2.95. The molecule has 0 aromatic carbocycles. The summed E-state index contributed by atoms with van der Waals surface area (Å²) in [6.07, 6.45) is 9.20. The summed E-state index contributed by atoms with van der Waals surface area (Å²) < 4.78 is 0. The Balaban J connectivity index is 2.16. The van der Waals surface area contributed by atoms with Crippen molar-refractivity contribution in [2.75, 3.05) is 13.1 Å². The fourth-order valence-corrected chi connectivity index (χ4v) is 4.15. The molecule has 0 bridgehead atoms. The van der Waals surface area contributed by atoms with Crippen molar-refractivity contribution in [3.05, 3.63) is 0 Å². The topological polar surface area (TPSA) is 46.3 Å². The fraction of sp³-hybridized carbons (Fsp3) is 0.812. The summed E-state index contributed by atoms with van der Waals surface area (Å²) in [5.41, 5.74) is 6.35. The Bertz CT molecular complexity index is 409. The molecule has 1 heterocycles. The molecule has 1 aliphatic heterocycles. The zero-order valence-electron chi connectivity index (χ0n) is 12.4. The summed E-state index contributed by atoms with van der Waals surface area (Å²) in [4.78, 5) is 14.2. The predicted molar refractivity (Wildman–Crippen MR) is 77.2 cm³/mol. The Kier molecular flexibility index (Phi) is 3.66. The van der Waals surface area contributed by atoms with Crippen LogP contribution in [-0.2, 0) is 4.79 Å². The smallest absolute Gasteiger partial charge is 0.224 e. The molecular formula is C16H26N2O. The number of carbonyl (C=O) groups is 1. The molecule has 3 unspecified atom stereocenters. The molecule has 106 valence electrons. The first-order chi connectivity index (χ1) is 8.78. The summed E-state index contributed by atoms with van der Waals surface area (Å²) in [5.74, 6) is 3.06. The number of likely N-dealkylation sites (tertiary alicyclic amines) is 1. The number of amides is 1. The fourth-order valence-electron chi connectivity index (χ4n) is 4.15. The van der Waals surface area contributed by atoms with Gasteiger partial charge in [-0.1, -0.05) is 20.8 Å². The molecule has 1 aliphatic carbocycles. The lowest BCUT2D eigenvalue weighted by atomic mass is 9.62. The van der Waals surface area contributed by atoms with E-state index in [1.165, 1.54) is 0 Å². The minimum absolute atomic E-state index is 0.0988. The SMILES string of the molecule is C#CC1CC(=O)N(C2CC(C)(C)CC(C)(CN)C2)C1. The second-order valence-electron chi connectivity index (χ2n) is 7.53. The number of nitrogens with zero attached hydrogens (tertiary/aromatic N) is 1. The average molecular weight is 262 g/mol. The highest BCUT2D eigenvalue weighted by atomic mass is 16.2. The molecule has 0 aromatic heterocycles. The highest BCUT2D eigenvalue weighted by molar-refractivity contribution is 5.79. The van der Waals surface area contributed by atoms with Gasteiger partial charge in [0.05, 0.1) is 0 Å². The third-order valence-corrected chi connectivity index (χ3v) is 4.75. The third-order valence-electron chi connectivity index (χ3n) is 4.75. The largest absolute Gasteiger partial charge is 0.338 e.